The van der Waals surface area contributed by atoms with Gasteiger partial charge >= 0.3 is 0 Å². The highest BCUT2D eigenvalue weighted by Crippen LogP contribution is 2.38. The molecule has 4 nitrogen and oxygen atoms in total. The van der Waals surface area contributed by atoms with Crippen molar-refractivity contribution in [1.29, 1.82) is 0 Å². The average molecular weight is 344 g/mol. The molecule has 1 aromatic carbocycles. The summed E-state index contributed by atoms with van der Waals surface area (Å²) in [5.74, 6) is -0.371. The molecule has 3 aromatic heterocycles. The fourth-order valence-electron chi connectivity index (χ4n) is 3.27. The van der Waals surface area contributed by atoms with Crippen molar-refractivity contribution in [2.24, 2.45) is 0 Å². The maximum absolute atomic E-state index is 13.5. The van der Waals surface area contributed by atoms with Crippen LogP contribution in [0.3, 0.4) is 0 Å². The monoisotopic (exact) mass is 344 g/mol. The number of halogens is 1. The SMILES string of the molecule is Fc1ccc(C(c2ccccn2)C(c2cccnc2)n2ccnc2)cc1. The highest BCUT2D eigenvalue weighted by molar-refractivity contribution is 5.35. The van der Waals surface area contributed by atoms with Gasteiger partial charge in [0.25, 0.3) is 0 Å². The summed E-state index contributed by atoms with van der Waals surface area (Å²) >= 11 is 0. The Hall–Kier alpha value is -3.34. The molecular weight excluding hydrogens is 327 g/mol. The summed E-state index contributed by atoms with van der Waals surface area (Å²) < 4.78 is 15.6. The molecule has 3 heterocycles. The van der Waals surface area contributed by atoms with Gasteiger partial charge in [0.15, 0.2) is 0 Å². The molecule has 0 spiro atoms. The van der Waals surface area contributed by atoms with E-state index >= 15 is 0 Å². The highest BCUT2D eigenvalue weighted by atomic mass is 19.1. The van der Waals surface area contributed by atoms with Crippen LogP contribution in [-0.2, 0) is 0 Å². The van der Waals surface area contributed by atoms with Gasteiger partial charge in [-0.1, -0.05) is 24.3 Å². The first kappa shape index (κ1) is 16.1. The van der Waals surface area contributed by atoms with E-state index in [2.05, 4.69) is 15.0 Å². The molecular formula is C21H17FN4. The molecule has 0 fully saturated rings. The fraction of sp³-hybridized carbons (Fsp3) is 0.0952. The standard InChI is InChI=1S/C21H17FN4/c22-18-8-6-16(7-9-18)20(19-5-1-2-11-25-19)21(26-13-12-24-15-26)17-4-3-10-23-14-17/h1-15,20-21H. The summed E-state index contributed by atoms with van der Waals surface area (Å²) in [6.07, 6.45) is 10.9. The van der Waals surface area contributed by atoms with Crippen molar-refractivity contribution >= 4 is 0 Å². The summed E-state index contributed by atoms with van der Waals surface area (Å²) in [6, 6.07) is 16.3. The lowest BCUT2D eigenvalue weighted by Crippen LogP contribution is -2.20. The Morgan fingerprint density at radius 3 is 2.35 bits per heavy atom. The van der Waals surface area contributed by atoms with E-state index in [4.69, 9.17) is 0 Å². The Labute approximate surface area is 151 Å². The predicted molar refractivity (Wildman–Crippen MR) is 97.1 cm³/mol. The molecule has 0 saturated carbocycles. The molecule has 0 aliphatic heterocycles. The number of benzene rings is 1. The first-order valence-corrected chi connectivity index (χ1v) is 8.36. The van der Waals surface area contributed by atoms with Crippen molar-refractivity contribution in [2.45, 2.75) is 12.0 Å². The van der Waals surface area contributed by atoms with E-state index in [0.717, 1.165) is 16.8 Å². The molecule has 0 radical (unpaired) electrons. The van der Waals surface area contributed by atoms with E-state index in [1.54, 1.807) is 24.9 Å². The summed E-state index contributed by atoms with van der Waals surface area (Å²) in [7, 11) is 0. The Kier molecular flexibility index (Phi) is 4.51. The second kappa shape index (κ2) is 7.27. The van der Waals surface area contributed by atoms with Gasteiger partial charge in [0, 0.05) is 31.0 Å². The first-order chi connectivity index (χ1) is 12.8. The highest BCUT2D eigenvalue weighted by Gasteiger charge is 2.29. The average Bonchev–Trinajstić information content (AvgIpc) is 3.22. The van der Waals surface area contributed by atoms with Gasteiger partial charge in [-0.25, -0.2) is 9.37 Å². The smallest absolute Gasteiger partial charge is 0.123 e. The number of hydrogen-bond acceptors (Lipinski definition) is 3. The van der Waals surface area contributed by atoms with E-state index in [1.165, 1.54) is 12.1 Å². The van der Waals surface area contributed by atoms with Crippen LogP contribution in [0.4, 0.5) is 4.39 Å². The van der Waals surface area contributed by atoms with Crippen LogP contribution in [0, 0.1) is 5.82 Å². The van der Waals surface area contributed by atoms with Crippen LogP contribution in [0.1, 0.15) is 28.8 Å². The van der Waals surface area contributed by atoms with Crippen molar-refractivity contribution in [2.75, 3.05) is 0 Å². The predicted octanol–water partition coefficient (Wildman–Crippen LogP) is 4.23. The van der Waals surface area contributed by atoms with Gasteiger partial charge < -0.3 is 4.57 Å². The number of pyridine rings is 2. The molecule has 128 valence electrons. The second-order valence-electron chi connectivity index (χ2n) is 6.02. The van der Waals surface area contributed by atoms with Crippen LogP contribution in [0.2, 0.25) is 0 Å². The Balaban J connectivity index is 1.91. The van der Waals surface area contributed by atoms with Crippen molar-refractivity contribution in [3.63, 3.8) is 0 Å². The number of rotatable bonds is 5. The van der Waals surface area contributed by atoms with Crippen LogP contribution < -0.4 is 0 Å². The first-order valence-electron chi connectivity index (χ1n) is 8.36. The lowest BCUT2D eigenvalue weighted by atomic mass is 9.84. The second-order valence-corrected chi connectivity index (χ2v) is 6.02. The molecule has 0 amide bonds. The van der Waals surface area contributed by atoms with Gasteiger partial charge in [0.05, 0.1) is 24.0 Å². The molecule has 0 saturated heterocycles. The largest absolute Gasteiger partial charge is 0.329 e. The van der Waals surface area contributed by atoms with E-state index < -0.39 is 0 Å². The Morgan fingerprint density at radius 1 is 0.808 bits per heavy atom. The maximum Gasteiger partial charge on any atom is 0.123 e. The zero-order valence-electron chi connectivity index (χ0n) is 14.0. The molecule has 5 heteroatoms. The summed E-state index contributed by atoms with van der Waals surface area (Å²) in [6.45, 7) is 0. The molecule has 0 aliphatic rings. The summed E-state index contributed by atoms with van der Waals surface area (Å²) in [5.41, 5.74) is 2.92. The minimum atomic E-state index is -0.255. The molecule has 4 aromatic rings. The van der Waals surface area contributed by atoms with Crippen LogP contribution in [0.25, 0.3) is 0 Å². The van der Waals surface area contributed by atoms with Gasteiger partial charge in [-0.05, 0) is 41.5 Å². The molecule has 0 N–H and O–H groups in total. The van der Waals surface area contributed by atoms with E-state index in [1.807, 2.05) is 59.4 Å². The number of imidazole rings is 1. The summed E-state index contributed by atoms with van der Waals surface area (Å²) in [4.78, 5) is 13.1. The van der Waals surface area contributed by atoms with Crippen molar-refractivity contribution < 1.29 is 4.39 Å². The normalized spacial score (nSPS) is 13.3. The molecule has 2 unspecified atom stereocenters. The topological polar surface area (TPSA) is 43.6 Å². The molecule has 0 aliphatic carbocycles. The van der Waals surface area contributed by atoms with Crippen molar-refractivity contribution in [1.82, 2.24) is 19.5 Å². The quantitative estimate of drug-likeness (QED) is 0.544. The molecule has 26 heavy (non-hydrogen) atoms. The third-order valence-electron chi connectivity index (χ3n) is 4.42. The van der Waals surface area contributed by atoms with Crippen molar-refractivity contribution in [3.8, 4) is 0 Å². The zero-order valence-corrected chi connectivity index (χ0v) is 14.0. The van der Waals surface area contributed by atoms with Crippen LogP contribution in [-0.4, -0.2) is 19.5 Å². The summed E-state index contributed by atoms with van der Waals surface area (Å²) in [5, 5.41) is 0. The van der Waals surface area contributed by atoms with Gasteiger partial charge in [0.1, 0.15) is 5.82 Å². The van der Waals surface area contributed by atoms with Crippen LogP contribution in [0.15, 0.2) is 91.9 Å². The lowest BCUT2D eigenvalue weighted by Gasteiger charge is -2.28. The van der Waals surface area contributed by atoms with E-state index in [0.29, 0.717) is 0 Å². The third-order valence-corrected chi connectivity index (χ3v) is 4.42. The Morgan fingerprint density at radius 2 is 1.69 bits per heavy atom. The fourth-order valence-corrected chi connectivity index (χ4v) is 3.27. The van der Waals surface area contributed by atoms with Gasteiger partial charge in [-0.15, -0.1) is 0 Å². The van der Waals surface area contributed by atoms with Crippen LogP contribution in [0.5, 0.6) is 0 Å². The minimum Gasteiger partial charge on any atom is -0.329 e. The lowest BCUT2D eigenvalue weighted by molar-refractivity contribution is 0.511. The van der Waals surface area contributed by atoms with Crippen molar-refractivity contribution in [3.05, 3.63) is 115 Å². The third kappa shape index (κ3) is 3.24. The Bertz CT molecular complexity index is 939. The van der Waals surface area contributed by atoms with E-state index in [9.17, 15) is 4.39 Å². The molecule has 4 rings (SSSR count). The van der Waals surface area contributed by atoms with E-state index in [-0.39, 0.29) is 17.8 Å². The van der Waals surface area contributed by atoms with Crippen LogP contribution >= 0.6 is 0 Å². The number of hydrogen-bond donors (Lipinski definition) is 0. The van der Waals surface area contributed by atoms with Gasteiger partial charge in [0.2, 0.25) is 0 Å². The zero-order chi connectivity index (χ0) is 17.8. The number of nitrogens with zero attached hydrogens (tertiary/aromatic N) is 4. The maximum atomic E-state index is 13.5. The van der Waals surface area contributed by atoms with Gasteiger partial charge in [-0.2, -0.15) is 0 Å². The van der Waals surface area contributed by atoms with Gasteiger partial charge in [-0.3, -0.25) is 9.97 Å². The number of aromatic nitrogens is 4. The molecule has 0 bridgehead atoms. The minimum absolute atomic E-state index is 0.105. The molecule has 2 atom stereocenters.